The lowest BCUT2D eigenvalue weighted by Gasteiger charge is -1.92. The van der Waals surface area contributed by atoms with Crippen LogP contribution in [-0.4, -0.2) is 11.6 Å². The summed E-state index contributed by atoms with van der Waals surface area (Å²) in [6.07, 6.45) is 0. The molecule has 0 bridgehead atoms. The van der Waals surface area contributed by atoms with Gasteiger partial charge < -0.3 is 4.74 Å². The van der Waals surface area contributed by atoms with Crippen LogP contribution in [-0.2, 0) is 0 Å². The fourth-order valence-electron chi connectivity index (χ4n) is 0.834. The summed E-state index contributed by atoms with van der Waals surface area (Å²) < 4.78 is 6.48. The zero-order valence-corrected chi connectivity index (χ0v) is 7.67. The molecule has 2 nitrogen and oxygen atoms in total. The Balaban J connectivity index is 2.42. The first-order valence-corrected chi connectivity index (χ1v) is 5.06. The molecule has 2 heterocycles. The number of fused-ring (bicyclic) bond motifs is 1. The van der Waals surface area contributed by atoms with E-state index in [4.69, 9.17) is 4.74 Å². The van der Waals surface area contributed by atoms with E-state index in [0.29, 0.717) is 6.61 Å². The number of nitrogens with zero attached hydrogens (tertiary/aromatic N) is 1. The molecule has 2 rings (SSSR count). The van der Waals surface area contributed by atoms with Crippen molar-refractivity contribution in [2.24, 2.45) is 0 Å². The molecule has 0 amide bonds. The van der Waals surface area contributed by atoms with Crippen LogP contribution in [0.3, 0.4) is 0 Å². The first kappa shape index (κ1) is 7.06. The van der Waals surface area contributed by atoms with Crippen molar-refractivity contribution >= 4 is 32.2 Å². The van der Waals surface area contributed by atoms with Gasteiger partial charge in [-0.15, -0.1) is 11.3 Å². The predicted octanol–water partition coefficient (Wildman–Crippen LogP) is 2.76. The van der Waals surface area contributed by atoms with E-state index in [9.17, 15) is 0 Å². The van der Waals surface area contributed by atoms with Gasteiger partial charge >= 0.3 is 0 Å². The number of thiophene rings is 1. The van der Waals surface area contributed by atoms with Crippen LogP contribution in [0.4, 0.5) is 0 Å². The second-order valence-corrected chi connectivity index (χ2v) is 3.89. The van der Waals surface area contributed by atoms with E-state index in [2.05, 4.69) is 11.1 Å². The third kappa shape index (κ3) is 1.23. The molecule has 0 saturated carbocycles. The molecular weight excluding hydrogens is 178 g/mol. The Morgan fingerprint density at radius 2 is 2.55 bits per heavy atom. The molecule has 0 N–H and O–H groups in total. The third-order valence-corrected chi connectivity index (χ3v) is 3.14. The second-order valence-electron chi connectivity index (χ2n) is 2.00. The van der Waals surface area contributed by atoms with Gasteiger partial charge in [-0.3, -0.25) is 0 Å². The maximum Gasteiger partial charge on any atom is 0.275 e. The molecule has 0 aliphatic heterocycles. The Labute approximate surface area is 72.5 Å². The Kier molecular flexibility index (Phi) is 1.79. The molecule has 0 atom stereocenters. The Hall–Kier alpha value is -0.610. The van der Waals surface area contributed by atoms with E-state index in [1.165, 1.54) is 4.70 Å². The Morgan fingerprint density at radius 1 is 1.64 bits per heavy atom. The summed E-state index contributed by atoms with van der Waals surface area (Å²) in [5, 5.41) is 2.83. The van der Waals surface area contributed by atoms with Crippen LogP contribution in [0.2, 0.25) is 0 Å². The standard InChI is InChI=1S/C7H7NOS2/c1-2-9-7-8-6-5(11-7)3-4-10-6/h3-4H,2H2,1H3. The van der Waals surface area contributed by atoms with Gasteiger partial charge in [0, 0.05) is 0 Å². The van der Waals surface area contributed by atoms with Crippen molar-refractivity contribution in [3.8, 4) is 5.19 Å². The van der Waals surface area contributed by atoms with E-state index < -0.39 is 0 Å². The first-order valence-electron chi connectivity index (χ1n) is 3.37. The Bertz CT molecular complexity index is 323. The van der Waals surface area contributed by atoms with Gasteiger partial charge in [0.25, 0.3) is 5.19 Å². The highest BCUT2D eigenvalue weighted by Gasteiger charge is 2.03. The molecule has 0 radical (unpaired) electrons. The van der Waals surface area contributed by atoms with Gasteiger partial charge in [-0.05, 0) is 18.4 Å². The van der Waals surface area contributed by atoms with Crippen molar-refractivity contribution in [3.05, 3.63) is 11.4 Å². The molecule has 2 aromatic rings. The highest BCUT2D eigenvalue weighted by atomic mass is 32.1. The van der Waals surface area contributed by atoms with Gasteiger partial charge in [-0.2, -0.15) is 4.98 Å². The summed E-state index contributed by atoms with van der Waals surface area (Å²) in [5.74, 6) is 0. The molecule has 0 spiro atoms. The molecule has 0 aliphatic rings. The van der Waals surface area contributed by atoms with Crippen molar-refractivity contribution in [1.29, 1.82) is 0 Å². The molecule has 0 aromatic carbocycles. The monoisotopic (exact) mass is 185 g/mol. The molecular formula is C7H7NOS2. The van der Waals surface area contributed by atoms with E-state index in [1.54, 1.807) is 22.7 Å². The molecule has 0 aliphatic carbocycles. The van der Waals surface area contributed by atoms with Gasteiger partial charge in [0.05, 0.1) is 11.3 Å². The highest BCUT2D eigenvalue weighted by molar-refractivity contribution is 7.27. The summed E-state index contributed by atoms with van der Waals surface area (Å²) in [6, 6.07) is 2.07. The lowest BCUT2D eigenvalue weighted by molar-refractivity contribution is 0.339. The molecule has 58 valence electrons. The number of hydrogen-bond donors (Lipinski definition) is 0. The average molecular weight is 185 g/mol. The van der Waals surface area contributed by atoms with Crippen LogP contribution in [0.25, 0.3) is 9.53 Å². The number of rotatable bonds is 2. The predicted molar refractivity (Wildman–Crippen MR) is 48.7 cm³/mol. The molecule has 4 heteroatoms. The summed E-state index contributed by atoms with van der Waals surface area (Å²) in [5.41, 5.74) is 0. The van der Waals surface area contributed by atoms with E-state index in [-0.39, 0.29) is 0 Å². The third-order valence-electron chi connectivity index (χ3n) is 1.27. The van der Waals surface area contributed by atoms with Gasteiger partial charge in [0.1, 0.15) is 4.83 Å². The quantitative estimate of drug-likeness (QED) is 0.717. The normalized spacial score (nSPS) is 10.6. The maximum absolute atomic E-state index is 5.26. The average Bonchev–Trinajstić information content (AvgIpc) is 2.46. The molecule has 2 aromatic heterocycles. The minimum Gasteiger partial charge on any atom is -0.470 e. The maximum atomic E-state index is 5.26. The van der Waals surface area contributed by atoms with Crippen LogP contribution >= 0.6 is 22.7 Å². The zero-order chi connectivity index (χ0) is 7.68. The largest absolute Gasteiger partial charge is 0.470 e. The summed E-state index contributed by atoms with van der Waals surface area (Å²) in [6.45, 7) is 2.66. The number of ether oxygens (including phenoxy) is 1. The van der Waals surface area contributed by atoms with Gasteiger partial charge in [0.2, 0.25) is 0 Å². The van der Waals surface area contributed by atoms with Crippen LogP contribution in [0.15, 0.2) is 11.4 Å². The van der Waals surface area contributed by atoms with E-state index >= 15 is 0 Å². The van der Waals surface area contributed by atoms with Crippen molar-refractivity contribution < 1.29 is 4.74 Å². The number of hydrogen-bond acceptors (Lipinski definition) is 4. The molecule has 0 saturated heterocycles. The van der Waals surface area contributed by atoms with Gasteiger partial charge in [-0.1, -0.05) is 11.3 Å². The van der Waals surface area contributed by atoms with Crippen molar-refractivity contribution in [1.82, 2.24) is 4.98 Å². The second kappa shape index (κ2) is 2.79. The fourth-order valence-corrected chi connectivity index (χ4v) is 2.67. The fraction of sp³-hybridized carbons (Fsp3) is 0.286. The summed E-state index contributed by atoms with van der Waals surface area (Å²) in [7, 11) is 0. The van der Waals surface area contributed by atoms with Crippen LogP contribution in [0.1, 0.15) is 6.92 Å². The molecule has 0 fully saturated rings. The smallest absolute Gasteiger partial charge is 0.275 e. The van der Waals surface area contributed by atoms with Crippen molar-refractivity contribution in [3.63, 3.8) is 0 Å². The summed E-state index contributed by atoms with van der Waals surface area (Å²) in [4.78, 5) is 5.36. The van der Waals surface area contributed by atoms with Crippen molar-refractivity contribution in [2.75, 3.05) is 6.61 Å². The van der Waals surface area contributed by atoms with Crippen LogP contribution in [0.5, 0.6) is 5.19 Å². The topological polar surface area (TPSA) is 22.1 Å². The Morgan fingerprint density at radius 3 is 3.27 bits per heavy atom. The SMILES string of the molecule is CCOc1nc2sccc2s1. The van der Waals surface area contributed by atoms with Gasteiger partial charge in [-0.25, -0.2) is 0 Å². The van der Waals surface area contributed by atoms with E-state index in [1.807, 2.05) is 12.3 Å². The van der Waals surface area contributed by atoms with Crippen LogP contribution in [0, 0.1) is 0 Å². The lowest BCUT2D eigenvalue weighted by atomic mass is 10.6. The van der Waals surface area contributed by atoms with Crippen molar-refractivity contribution in [2.45, 2.75) is 6.92 Å². The molecule has 11 heavy (non-hydrogen) atoms. The first-order chi connectivity index (χ1) is 5.40. The number of aromatic nitrogens is 1. The highest BCUT2D eigenvalue weighted by Crippen LogP contribution is 2.30. The molecule has 0 unspecified atom stereocenters. The minimum atomic E-state index is 0.695. The van der Waals surface area contributed by atoms with Gasteiger partial charge in [0.15, 0.2) is 0 Å². The van der Waals surface area contributed by atoms with Crippen LogP contribution < -0.4 is 4.74 Å². The number of thiazole rings is 1. The summed E-state index contributed by atoms with van der Waals surface area (Å²) >= 11 is 3.26. The lowest BCUT2D eigenvalue weighted by Crippen LogP contribution is -1.88. The zero-order valence-electron chi connectivity index (χ0n) is 6.03. The minimum absolute atomic E-state index is 0.695. The van der Waals surface area contributed by atoms with E-state index in [0.717, 1.165) is 10.0 Å².